The molecule has 26 heavy (non-hydrogen) atoms. The van der Waals surface area contributed by atoms with Gasteiger partial charge in [0.15, 0.2) is 5.78 Å². The molecule has 0 saturated heterocycles. The van der Waals surface area contributed by atoms with Crippen molar-refractivity contribution in [2.24, 2.45) is 39.9 Å². The van der Waals surface area contributed by atoms with Crippen LogP contribution >= 0.6 is 0 Å². The number of aliphatic hydroxyl groups excluding tert-OH is 2. The number of carbonyl (C=O) groups is 1. The molecule has 0 radical (unpaired) electrons. The van der Waals surface area contributed by atoms with Crippen molar-refractivity contribution in [1.29, 1.82) is 0 Å². The Labute approximate surface area is 157 Å². The quantitative estimate of drug-likeness (QED) is 0.618. The monoisotopic (exact) mass is 364 g/mol. The van der Waals surface area contributed by atoms with Gasteiger partial charge in [0, 0.05) is 17.3 Å². The molecule has 0 heterocycles. The number of rotatable bonds is 0. The van der Waals surface area contributed by atoms with Gasteiger partial charge in [0.05, 0.1) is 12.2 Å². The zero-order chi connectivity index (χ0) is 19.3. The summed E-state index contributed by atoms with van der Waals surface area (Å²) < 4.78 is 0. The molecule has 4 saturated carbocycles. The molecule has 9 atom stereocenters. The third-order valence-electron chi connectivity index (χ3n) is 9.81. The van der Waals surface area contributed by atoms with E-state index in [9.17, 15) is 20.1 Å². The first-order chi connectivity index (χ1) is 11.9. The highest BCUT2D eigenvalue weighted by molar-refractivity contribution is 5.92. The molecule has 4 aliphatic rings. The maximum atomic E-state index is 13.2. The van der Waals surface area contributed by atoms with E-state index in [1.165, 1.54) is 0 Å². The Morgan fingerprint density at radius 3 is 2.27 bits per heavy atom. The maximum Gasteiger partial charge on any atom is 0.168 e. The molecule has 4 aliphatic carbocycles. The molecule has 0 unspecified atom stereocenters. The highest BCUT2D eigenvalue weighted by Gasteiger charge is 2.74. The first kappa shape index (κ1) is 18.9. The second-order valence-corrected chi connectivity index (χ2v) is 11.1. The topological polar surface area (TPSA) is 77.8 Å². The van der Waals surface area contributed by atoms with Crippen LogP contribution in [0.4, 0.5) is 0 Å². The number of aliphatic hydroxyl groups is 3. The Morgan fingerprint density at radius 2 is 1.62 bits per heavy atom. The summed E-state index contributed by atoms with van der Waals surface area (Å²) in [6.07, 6.45) is 3.76. The van der Waals surface area contributed by atoms with Gasteiger partial charge in [0.2, 0.25) is 0 Å². The lowest BCUT2D eigenvalue weighted by molar-refractivity contribution is -0.207. The summed E-state index contributed by atoms with van der Waals surface area (Å²) in [6.45, 7) is 10.7. The van der Waals surface area contributed by atoms with Crippen LogP contribution in [-0.2, 0) is 4.79 Å². The van der Waals surface area contributed by atoms with Crippen molar-refractivity contribution in [3.05, 3.63) is 0 Å². The number of ketones is 1. The Balaban J connectivity index is 1.81. The third-order valence-corrected chi connectivity index (χ3v) is 9.81. The summed E-state index contributed by atoms with van der Waals surface area (Å²) >= 11 is 0. The summed E-state index contributed by atoms with van der Waals surface area (Å²) in [5.41, 5.74) is -2.04. The molecule has 4 nitrogen and oxygen atoms in total. The zero-order valence-electron chi connectivity index (χ0n) is 17.0. The summed E-state index contributed by atoms with van der Waals surface area (Å²) in [5, 5.41) is 33.2. The fourth-order valence-corrected chi connectivity index (χ4v) is 8.28. The van der Waals surface area contributed by atoms with Crippen molar-refractivity contribution >= 4 is 5.78 Å². The standard InChI is InChI=1S/C22H36O4/c1-12-10-14(23)13-11-16-20(4)8-7-17(24)19(2,3)15(20)6-9-21(16,5)22(13,26)18(12)25/h12-17,23-24,26H,6-11H2,1-5H3/t12-,13+,14+,15-,16+,17-,20-,21-,22-/m0/s1. The summed E-state index contributed by atoms with van der Waals surface area (Å²) in [6, 6.07) is 0. The van der Waals surface area contributed by atoms with Gasteiger partial charge in [-0.15, -0.1) is 0 Å². The molecule has 0 aromatic carbocycles. The number of hydrogen-bond donors (Lipinski definition) is 3. The second kappa shape index (κ2) is 5.33. The van der Waals surface area contributed by atoms with Crippen LogP contribution < -0.4 is 0 Å². The molecule has 0 bridgehead atoms. The van der Waals surface area contributed by atoms with Crippen LogP contribution in [0.25, 0.3) is 0 Å². The molecule has 148 valence electrons. The van der Waals surface area contributed by atoms with Crippen molar-refractivity contribution in [2.45, 2.75) is 91.0 Å². The molecule has 0 aromatic heterocycles. The molecule has 4 fully saturated rings. The second-order valence-electron chi connectivity index (χ2n) is 11.1. The number of Topliss-reactive ketones (excluding diaryl/α,β-unsaturated/α-hetero) is 1. The molecule has 0 amide bonds. The normalized spacial score (nSPS) is 58.7. The average Bonchev–Trinajstić information content (AvgIpc) is 2.80. The third kappa shape index (κ3) is 1.94. The lowest BCUT2D eigenvalue weighted by atomic mass is 9.42. The van der Waals surface area contributed by atoms with Crippen LogP contribution in [0, 0.1) is 39.9 Å². The van der Waals surface area contributed by atoms with Gasteiger partial charge in [-0.1, -0.05) is 34.6 Å². The van der Waals surface area contributed by atoms with Crippen LogP contribution in [-0.4, -0.2) is 38.9 Å². The fourth-order valence-electron chi connectivity index (χ4n) is 8.28. The van der Waals surface area contributed by atoms with Gasteiger partial charge >= 0.3 is 0 Å². The van der Waals surface area contributed by atoms with Crippen molar-refractivity contribution < 1.29 is 20.1 Å². The fraction of sp³-hybridized carbons (Fsp3) is 0.955. The van der Waals surface area contributed by atoms with E-state index in [4.69, 9.17) is 0 Å². The first-order valence-electron chi connectivity index (χ1n) is 10.5. The van der Waals surface area contributed by atoms with Crippen LogP contribution in [0.15, 0.2) is 0 Å². The maximum absolute atomic E-state index is 13.2. The minimum Gasteiger partial charge on any atom is -0.393 e. The first-order valence-corrected chi connectivity index (χ1v) is 10.5. The predicted molar refractivity (Wildman–Crippen MR) is 99.3 cm³/mol. The molecule has 0 aromatic rings. The number of carbonyl (C=O) groups excluding carboxylic acids is 1. The van der Waals surface area contributed by atoms with Crippen molar-refractivity contribution in [3.8, 4) is 0 Å². The average molecular weight is 365 g/mol. The van der Waals surface area contributed by atoms with Gasteiger partial charge < -0.3 is 15.3 Å². The smallest absolute Gasteiger partial charge is 0.168 e. The van der Waals surface area contributed by atoms with Crippen molar-refractivity contribution in [1.82, 2.24) is 0 Å². The lowest BCUT2D eigenvalue weighted by Gasteiger charge is -2.63. The summed E-state index contributed by atoms with van der Waals surface area (Å²) in [7, 11) is 0. The van der Waals surface area contributed by atoms with Gasteiger partial charge in [-0.25, -0.2) is 0 Å². The van der Waals surface area contributed by atoms with E-state index in [2.05, 4.69) is 27.7 Å². The van der Waals surface area contributed by atoms with Crippen LogP contribution in [0.5, 0.6) is 0 Å². The van der Waals surface area contributed by atoms with E-state index in [0.717, 1.165) is 32.1 Å². The predicted octanol–water partition coefficient (Wildman–Crippen LogP) is 2.93. The van der Waals surface area contributed by atoms with E-state index in [1.54, 1.807) is 0 Å². The molecule has 4 heteroatoms. The molecule has 0 aliphatic heterocycles. The largest absolute Gasteiger partial charge is 0.393 e. The highest BCUT2D eigenvalue weighted by atomic mass is 16.3. The SMILES string of the molecule is C[C@H]1C[C@@H](O)[C@H]2C[C@@H]3[C@@]4(C)CC[C@H](O)C(C)(C)[C@@H]4CC[C@]3(C)[C@@]2(O)C1=O. The van der Waals surface area contributed by atoms with Crippen molar-refractivity contribution in [2.75, 3.05) is 0 Å². The minimum absolute atomic E-state index is 0.00790. The van der Waals surface area contributed by atoms with E-state index >= 15 is 0 Å². The van der Waals surface area contributed by atoms with E-state index in [1.807, 2.05) is 6.92 Å². The Hall–Kier alpha value is -0.450. The summed E-state index contributed by atoms with van der Waals surface area (Å²) in [4.78, 5) is 13.2. The van der Waals surface area contributed by atoms with Crippen molar-refractivity contribution in [3.63, 3.8) is 0 Å². The Morgan fingerprint density at radius 1 is 0.962 bits per heavy atom. The van der Waals surface area contributed by atoms with Crippen LogP contribution in [0.3, 0.4) is 0 Å². The molecular formula is C22H36O4. The Kier molecular flexibility index (Phi) is 3.87. The number of fused-ring (bicyclic) bond motifs is 5. The van der Waals surface area contributed by atoms with E-state index < -0.39 is 17.1 Å². The number of hydrogen-bond acceptors (Lipinski definition) is 4. The molecule has 3 N–H and O–H groups in total. The van der Waals surface area contributed by atoms with Gasteiger partial charge in [0.25, 0.3) is 0 Å². The highest BCUT2D eigenvalue weighted by Crippen LogP contribution is 2.73. The summed E-state index contributed by atoms with van der Waals surface area (Å²) in [5.74, 6) is -0.0802. The molecule has 0 spiro atoms. The van der Waals surface area contributed by atoms with Gasteiger partial charge in [-0.2, -0.15) is 0 Å². The van der Waals surface area contributed by atoms with E-state index in [0.29, 0.717) is 12.3 Å². The minimum atomic E-state index is -1.40. The lowest BCUT2D eigenvalue weighted by Crippen LogP contribution is -2.65. The zero-order valence-corrected chi connectivity index (χ0v) is 17.0. The van der Waals surface area contributed by atoms with Crippen LogP contribution in [0.2, 0.25) is 0 Å². The van der Waals surface area contributed by atoms with E-state index in [-0.39, 0.29) is 40.5 Å². The van der Waals surface area contributed by atoms with Gasteiger partial charge in [-0.3, -0.25) is 4.79 Å². The molecule has 4 rings (SSSR count). The Bertz CT molecular complexity index is 630. The van der Waals surface area contributed by atoms with Crippen LogP contribution in [0.1, 0.15) is 73.1 Å². The van der Waals surface area contributed by atoms with Gasteiger partial charge in [0.1, 0.15) is 5.60 Å². The molecular weight excluding hydrogens is 328 g/mol. The van der Waals surface area contributed by atoms with Gasteiger partial charge in [-0.05, 0) is 61.2 Å².